The van der Waals surface area contributed by atoms with Gasteiger partial charge in [0.05, 0.1) is 4.90 Å². The fourth-order valence-electron chi connectivity index (χ4n) is 0.351. The van der Waals surface area contributed by atoms with Gasteiger partial charge in [0, 0.05) is 0 Å². The first-order valence-electron chi connectivity index (χ1n) is 1.95. The lowest BCUT2D eigenvalue weighted by atomic mass is 10.6. The minimum absolute atomic E-state index is 0.111. The molecular weight excluding hydrogens is 169 g/mol. The second-order valence-electron chi connectivity index (χ2n) is 1.31. The lowest BCUT2D eigenvalue weighted by Gasteiger charge is -1.79. The van der Waals surface area contributed by atoms with Crippen molar-refractivity contribution in [3.05, 3.63) is 16.1 Å². The molecule has 0 aliphatic rings. The van der Waals surface area contributed by atoms with Gasteiger partial charge in [-0.1, -0.05) is 11.3 Å². The molecule has 0 nitrogen and oxygen atoms in total. The molecule has 9 heavy (non-hydrogen) atoms. The molecular formula is C4HF3S2. The highest BCUT2D eigenvalue weighted by molar-refractivity contribution is 7.80. The molecule has 1 heterocycles. The highest BCUT2D eigenvalue weighted by Crippen LogP contribution is 2.26. The van der Waals surface area contributed by atoms with Gasteiger partial charge in [0.1, 0.15) is 0 Å². The largest absolute Gasteiger partial charge is 0.216 e. The van der Waals surface area contributed by atoms with Crippen molar-refractivity contribution in [2.24, 2.45) is 0 Å². The molecule has 0 spiro atoms. The Morgan fingerprint density at radius 1 is 1.11 bits per heavy atom. The number of thiophene rings is 1. The summed E-state index contributed by atoms with van der Waals surface area (Å²) in [4.78, 5) is -0.544. The number of hydrogen-bond donors (Lipinski definition) is 1. The average molecular weight is 170 g/mol. The van der Waals surface area contributed by atoms with Crippen molar-refractivity contribution in [1.29, 1.82) is 0 Å². The molecule has 0 aliphatic heterocycles. The maximum atomic E-state index is 12.1. The first-order valence-corrected chi connectivity index (χ1v) is 3.21. The normalized spacial score (nSPS) is 10.2. The van der Waals surface area contributed by atoms with E-state index in [2.05, 4.69) is 12.6 Å². The van der Waals surface area contributed by atoms with Crippen molar-refractivity contribution in [2.45, 2.75) is 4.90 Å². The van der Waals surface area contributed by atoms with Gasteiger partial charge in [-0.3, -0.25) is 0 Å². The fourth-order valence-corrected chi connectivity index (χ4v) is 1.20. The van der Waals surface area contributed by atoms with Gasteiger partial charge in [-0.05, 0) is 0 Å². The van der Waals surface area contributed by atoms with Crippen molar-refractivity contribution in [1.82, 2.24) is 0 Å². The maximum absolute atomic E-state index is 12.1. The molecule has 0 aromatic carbocycles. The Labute approximate surface area is 58.7 Å². The van der Waals surface area contributed by atoms with Crippen LogP contribution < -0.4 is 0 Å². The smallest absolute Gasteiger partial charge is 0.201 e. The van der Waals surface area contributed by atoms with E-state index in [-0.39, 0.29) is 11.3 Å². The van der Waals surface area contributed by atoms with E-state index in [0.29, 0.717) is 0 Å². The molecule has 0 fully saturated rings. The third-order valence-corrected chi connectivity index (χ3v) is 2.03. The van der Waals surface area contributed by atoms with E-state index in [0.717, 1.165) is 0 Å². The molecule has 0 unspecified atom stereocenters. The van der Waals surface area contributed by atoms with Crippen LogP contribution in [-0.4, -0.2) is 0 Å². The predicted octanol–water partition coefficient (Wildman–Crippen LogP) is 2.45. The highest BCUT2D eigenvalue weighted by atomic mass is 32.1. The van der Waals surface area contributed by atoms with Crippen LogP contribution in [0, 0.1) is 16.1 Å². The van der Waals surface area contributed by atoms with Crippen LogP contribution in [0.25, 0.3) is 0 Å². The zero-order chi connectivity index (χ0) is 7.02. The quantitative estimate of drug-likeness (QED) is 0.568. The van der Waals surface area contributed by atoms with Crippen molar-refractivity contribution in [3.63, 3.8) is 0 Å². The van der Waals surface area contributed by atoms with E-state index in [9.17, 15) is 13.2 Å². The van der Waals surface area contributed by atoms with Gasteiger partial charge in [0.2, 0.25) is 5.13 Å². The summed E-state index contributed by atoms with van der Waals surface area (Å²) in [5.74, 6) is -1.21. The molecule has 0 bridgehead atoms. The lowest BCUT2D eigenvalue weighted by molar-refractivity contribution is 0.505. The average Bonchev–Trinajstić information content (AvgIpc) is 1.98. The molecule has 0 radical (unpaired) electrons. The Hall–Kier alpha value is -0.160. The summed E-state index contributed by atoms with van der Waals surface area (Å²) in [7, 11) is 0. The van der Waals surface area contributed by atoms with E-state index in [1.165, 1.54) is 0 Å². The second kappa shape index (κ2) is 2.22. The summed E-state index contributed by atoms with van der Waals surface area (Å²) < 4.78 is 36.1. The monoisotopic (exact) mass is 170 g/mol. The zero-order valence-electron chi connectivity index (χ0n) is 3.99. The van der Waals surface area contributed by atoms with Crippen molar-refractivity contribution in [3.8, 4) is 0 Å². The fraction of sp³-hybridized carbons (Fsp3) is 0. The van der Waals surface area contributed by atoms with Crippen LogP contribution in [-0.2, 0) is 0 Å². The zero-order valence-corrected chi connectivity index (χ0v) is 5.70. The molecule has 50 valence electrons. The summed E-state index contributed by atoms with van der Waals surface area (Å²) in [5.41, 5.74) is 0. The molecule has 0 saturated heterocycles. The van der Waals surface area contributed by atoms with Crippen molar-refractivity contribution in [2.75, 3.05) is 0 Å². The molecule has 0 amide bonds. The molecule has 0 aliphatic carbocycles. The van der Waals surface area contributed by atoms with Gasteiger partial charge in [-0.15, -0.1) is 12.6 Å². The molecule has 1 rings (SSSR count). The summed E-state index contributed by atoms with van der Waals surface area (Å²) >= 11 is 3.46. The van der Waals surface area contributed by atoms with Gasteiger partial charge >= 0.3 is 0 Å². The standard InChI is InChI=1S/C4HF3S2/c5-1-2(8)4(7)9-3(1)6/h8H. The Balaban J connectivity index is 3.29. The van der Waals surface area contributed by atoms with E-state index >= 15 is 0 Å². The second-order valence-corrected chi connectivity index (χ2v) is 2.68. The van der Waals surface area contributed by atoms with E-state index < -0.39 is 21.0 Å². The third kappa shape index (κ3) is 1.07. The summed E-state index contributed by atoms with van der Waals surface area (Å²) in [6.07, 6.45) is 0. The Kier molecular flexibility index (Phi) is 1.72. The van der Waals surface area contributed by atoms with Crippen LogP contribution in [0.5, 0.6) is 0 Å². The number of rotatable bonds is 0. The third-order valence-electron chi connectivity index (χ3n) is 0.746. The molecule has 1 aromatic heterocycles. The van der Waals surface area contributed by atoms with Crippen LogP contribution >= 0.6 is 24.0 Å². The minimum atomic E-state index is -1.21. The topological polar surface area (TPSA) is 0 Å². The van der Waals surface area contributed by atoms with Gasteiger partial charge in [-0.25, -0.2) is 4.39 Å². The Bertz CT molecular complexity index is 207. The number of thiol groups is 1. The SMILES string of the molecule is Fc1sc(F)c(S)c1F. The number of halogens is 3. The summed E-state index contributed by atoms with van der Waals surface area (Å²) in [6, 6.07) is 0. The highest BCUT2D eigenvalue weighted by Gasteiger charge is 2.14. The van der Waals surface area contributed by atoms with Crippen LogP contribution in [0.15, 0.2) is 4.90 Å². The molecule has 0 saturated carbocycles. The van der Waals surface area contributed by atoms with Crippen LogP contribution in [0.1, 0.15) is 0 Å². The van der Waals surface area contributed by atoms with Crippen LogP contribution in [0.2, 0.25) is 0 Å². The van der Waals surface area contributed by atoms with Gasteiger partial charge < -0.3 is 0 Å². The van der Waals surface area contributed by atoms with Gasteiger partial charge in [-0.2, -0.15) is 8.78 Å². The molecule has 1 aromatic rings. The molecule has 0 N–H and O–H groups in total. The Morgan fingerprint density at radius 3 is 1.78 bits per heavy atom. The maximum Gasteiger partial charge on any atom is 0.216 e. The van der Waals surface area contributed by atoms with E-state index in [4.69, 9.17) is 0 Å². The predicted molar refractivity (Wildman–Crippen MR) is 31.4 cm³/mol. The first-order chi connectivity index (χ1) is 4.13. The Morgan fingerprint density at radius 2 is 1.67 bits per heavy atom. The summed E-state index contributed by atoms with van der Waals surface area (Å²) in [6.45, 7) is 0. The molecule has 0 atom stereocenters. The summed E-state index contributed by atoms with van der Waals surface area (Å²) in [5, 5.41) is -2.08. The van der Waals surface area contributed by atoms with Gasteiger partial charge in [0.25, 0.3) is 0 Å². The van der Waals surface area contributed by atoms with Crippen molar-refractivity contribution < 1.29 is 13.2 Å². The molecule has 5 heteroatoms. The van der Waals surface area contributed by atoms with Crippen LogP contribution in [0.4, 0.5) is 13.2 Å². The lowest BCUT2D eigenvalue weighted by Crippen LogP contribution is -1.71. The van der Waals surface area contributed by atoms with Crippen LogP contribution in [0.3, 0.4) is 0 Å². The number of hydrogen-bond acceptors (Lipinski definition) is 2. The van der Waals surface area contributed by atoms with E-state index in [1.54, 1.807) is 0 Å². The minimum Gasteiger partial charge on any atom is -0.201 e. The van der Waals surface area contributed by atoms with Gasteiger partial charge in [0.15, 0.2) is 10.9 Å². The van der Waals surface area contributed by atoms with Crippen molar-refractivity contribution >= 4 is 24.0 Å². The first kappa shape index (κ1) is 6.95. The van der Waals surface area contributed by atoms with E-state index in [1.807, 2.05) is 0 Å².